The fraction of sp³-hybridized carbons (Fsp3) is 0.455. The Kier molecular flexibility index (Phi) is 5.44. The van der Waals surface area contributed by atoms with Gasteiger partial charge in [0.2, 0.25) is 0 Å². The van der Waals surface area contributed by atoms with E-state index in [0.717, 1.165) is 0 Å². The molecule has 0 saturated carbocycles. The highest BCUT2D eigenvalue weighted by molar-refractivity contribution is 7.17. The first-order valence-electron chi connectivity index (χ1n) is 5.27. The van der Waals surface area contributed by atoms with E-state index in [4.69, 9.17) is 16.7 Å². The number of hydrogen-bond donors (Lipinski definition) is 2. The average molecular weight is 276 g/mol. The number of carboxylic acid groups (broad SMARTS) is 1. The van der Waals surface area contributed by atoms with Crippen LogP contribution in [0.3, 0.4) is 0 Å². The highest BCUT2D eigenvalue weighted by atomic mass is 35.5. The van der Waals surface area contributed by atoms with E-state index in [0.29, 0.717) is 22.1 Å². The van der Waals surface area contributed by atoms with Crippen molar-refractivity contribution < 1.29 is 14.7 Å². The number of nitrogens with one attached hydrogen (secondary N) is 1. The van der Waals surface area contributed by atoms with E-state index in [1.807, 2.05) is 6.92 Å². The van der Waals surface area contributed by atoms with Crippen LogP contribution in [0.25, 0.3) is 0 Å². The van der Waals surface area contributed by atoms with E-state index in [1.165, 1.54) is 11.3 Å². The zero-order valence-electron chi connectivity index (χ0n) is 9.40. The molecule has 6 heteroatoms. The quantitative estimate of drug-likeness (QED) is 0.839. The number of carbonyl (C=O) groups is 2. The van der Waals surface area contributed by atoms with Crippen molar-refractivity contribution in [2.45, 2.75) is 32.2 Å². The number of aliphatic carboxylic acids is 1. The van der Waals surface area contributed by atoms with E-state index in [1.54, 1.807) is 12.1 Å². The molecule has 1 aromatic heterocycles. The molecule has 1 aromatic rings. The Morgan fingerprint density at radius 2 is 2.24 bits per heavy atom. The van der Waals surface area contributed by atoms with Gasteiger partial charge in [-0.3, -0.25) is 9.59 Å². The molecule has 0 saturated heterocycles. The van der Waals surface area contributed by atoms with Gasteiger partial charge in [-0.15, -0.1) is 11.3 Å². The summed E-state index contributed by atoms with van der Waals surface area (Å²) in [7, 11) is 0. The van der Waals surface area contributed by atoms with Crippen molar-refractivity contribution in [3.63, 3.8) is 0 Å². The van der Waals surface area contributed by atoms with Crippen LogP contribution < -0.4 is 5.32 Å². The molecule has 0 aliphatic heterocycles. The number of amides is 1. The first kappa shape index (κ1) is 14.0. The van der Waals surface area contributed by atoms with Gasteiger partial charge < -0.3 is 10.4 Å². The zero-order valence-corrected chi connectivity index (χ0v) is 11.0. The van der Waals surface area contributed by atoms with Crippen LogP contribution in [0, 0.1) is 0 Å². The third-order valence-electron chi connectivity index (χ3n) is 2.20. The smallest absolute Gasteiger partial charge is 0.303 e. The number of carbonyl (C=O) groups excluding carboxylic acids is 1. The van der Waals surface area contributed by atoms with Crippen molar-refractivity contribution in [2.24, 2.45) is 0 Å². The summed E-state index contributed by atoms with van der Waals surface area (Å²) in [5.41, 5.74) is 0. The van der Waals surface area contributed by atoms with Gasteiger partial charge in [0.1, 0.15) is 0 Å². The molecule has 4 nitrogen and oxygen atoms in total. The van der Waals surface area contributed by atoms with Gasteiger partial charge in [0.15, 0.2) is 0 Å². The van der Waals surface area contributed by atoms with E-state index in [9.17, 15) is 9.59 Å². The number of carboxylic acids is 1. The van der Waals surface area contributed by atoms with Crippen LogP contribution in [0.2, 0.25) is 4.34 Å². The van der Waals surface area contributed by atoms with Gasteiger partial charge in [-0.05, 0) is 31.9 Å². The molecule has 0 fully saturated rings. The highest BCUT2D eigenvalue weighted by Crippen LogP contribution is 2.21. The van der Waals surface area contributed by atoms with Crippen LogP contribution in [0.15, 0.2) is 12.1 Å². The molecule has 1 atom stereocenters. The van der Waals surface area contributed by atoms with Gasteiger partial charge in [0.25, 0.3) is 5.91 Å². The Hall–Kier alpha value is -1.07. The van der Waals surface area contributed by atoms with Crippen LogP contribution in [0.1, 0.15) is 35.9 Å². The molecule has 1 rings (SSSR count). The van der Waals surface area contributed by atoms with Gasteiger partial charge >= 0.3 is 5.97 Å². The minimum absolute atomic E-state index is 0.0391. The molecule has 1 unspecified atom stereocenters. The summed E-state index contributed by atoms with van der Waals surface area (Å²) in [5.74, 6) is -0.974. The fourth-order valence-electron chi connectivity index (χ4n) is 1.36. The molecule has 17 heavy (non-hydrogen) atoms. The summed E-state index contributed by atoms with van der Waals surface area (Å²) in [6.07, 6.45) is 1.34. The Morgan fingerprint density at radius 1 is 1.53 bits per heavy atom. The second kappa shape index (κ2) is 6.61. The first-order chi connectivity index (χ1) is 7.99. The summed E-state index contributed by atoms with van der Waals surface area (Å²) in [5, 5.41) is 11.3. The maximum atomic E-state index is 11.7. The van der Waals surface area contributed by atoms with Gasteiger partial charge in [-0.25, -0.2) is 0 Å². The summed E-state index contributed by atoms with van der Waals surface area (Å²) >= 11 is 6.96. The molecule has 1 heterocycles. The topological polar surface area (TPSA) is 66.4 Å². The Balaban J connectivity index is 2.33. The van der Waals surface area contributed by atoms with Crippen molar-refractivity contribution in [2.75, 3.05) is 0 Å². The SMILES string of the molecule is CC(CCCC(=O)O)NC(=O)c1ccc(Cl)s1. The van der Waals surface area contributed by atoms with Gasteiger partial charge in [-0.2, -0.15) is 0 Å². The van der Waals surface area contributed by atoms with Crippen molar-refractivity contribution >= 4 is 34.8 Å². The van der Waals surface area contributed by atoms with E-state index in [-0.39, 0.29) is 18.4 Å². The van der Waals surface area contributed by atoms with Gasteiger partial charge in [0.05, 0.1) is 9.21 Å². The van der Waals surface area contributed by atoms with Crippen LogP contribution in [-0.2, 0) is 4.79 Å². The molecule has 2 N–H and O–H groups in total. The van der Waals surface area contributed by atoms with Crippen molar-refractivity contribution in [3.8, 4) is 0 Å². The molecule has 94 valence electrons. The number of rotatable bonds is 6. The largest absolute Gasteiger partial charge is 0.481 e. The van der Waals surface area contributed by atoms with E-state index >= 15 is 0 Å². The average Bonchev–Trinajstić information content (AvgIpc) is 2.64. The molecule has 1 amide bonds. The third-order valence-corrected chi connectivity index (χ3v) is 3.43. The lowest BCUT2D eigenvalue weighted by molar-refractivity contribution is -0.137. The van der Waals surface area contributed by atoms with Gasteiger partial charge in [-0.1, -0.05) is 11.6 Å². The van der Waals surface area contributed by atoms with Crippen LogP contribution in [0.4, 0.5) is 0 Å². The van der Waals surface area contributed by atoms with Crippen LogP contribution in [-0.4, -0.2) is 23.0 Å². The van der Waals surface area contributed by atoms with E-state index < -0.39 is 5.97 Å². The standard InChI is InChI=1S/C11H14ClNO3S/c1-7(3-2-4-10(14)15)13-11(16)8-5-6-9(12)17-8/h5-7H,2-4H2,1H3,(H,13,16)(H,14,15). The lowest BCUT2D eigenvalue weighted by Crippen LogP contribution is -2.32. The molecule has 0 aliphatic carbocycles. The van der Waals surface area contributed by atoms with Crippen molar-refractivity contribution in [1.82, 2.24) is 5.32 Å². The molecule has 0 spiro atoms. The first-order valence-corrected chi connectivity index (χ1v) is 6.46. The zero-order chi connectivity index (χ0) is 12.8. The third kappa shape index (κ3) is 5.19. The van der Waals surface area contributed by atoms with E-state index in [2.05, 4.69) is 5.32 Å². The molecular formula is C11H14ClNO3S. The lowest BCUT2D eigenvalue weighted by atomic mass is 10.1. The molecule has 0 radical (unpaired) electrons. The monoisotopic (exact) mass is 275 g/mol. The normalized spacial score (nSPS) is 12.1. The second-order valence-electron chi connectivity index (χ2n) is 3.76. The maximum absolute atomic E-state index is 11.7. The van der Waals surface area contributed by atoms with Gasteiger partial charge in [0, 0.05) is 12.5 Å². The molecule has 0 bridgehead atoms. The summed E-state index contributed by atoms with van der Waals surface area (Å²) in [4.78, 5) is 22.6. The lowest BCUT2D eigenvalue weighted by Gasteiger charge is -2.12. The van der Waals surface area contributed by atoms with Crippen LogP contribution in [0.5, 0.6) is 0 Å². The second-order valence-corrected chi connectivity index (χ2v) is 5.48. The number of hydrogen-bond acceptors (Lipinski definition) is 3. The molecule has 0 aromatic carbocycles. The summed E-state index contributed by atoms with van der Waals surface area (Å²) in [6, 6.07) is 3.31. The molecular weight excluding hydrogens is 262 g/mol. The van der Waals surface area contributed by atoms with Crippen molar-refractivity contribution in [1.29, 1.82) is 0 Å². The minimum atomic E-state index is -0.812. The number of thiophene rings is 1. The predicted molar refractivity (Wildman–Crippen MR) is 67.7 cm³/mol. The predicted octanol–water partition coefficient (Wildman–Crippen LogP) is 2.77. The van der Waals surface area contributed by atoms with Crippen molar-refractivity contribution in [3.05, 3.63) is 21.3 Å². The summed E-state index contributed by atoms with van der Waals surface area (Å²) < 4.78 is 0.577. The minimum Gasteiger partial charge on any atom is -0.481 e. The Morgan fingerprint density at radius 3 is 2.76 bits per heavy atom. The molecule has 0 aliphatic rings. The maximum Gasteiger partial charge on any atom is 0.303 e. The number of halogens is 1. The van der Waals surface area contributed by atoms with Crippen LogP contribution >= 0.6 is 22.9 Å². The highest BCUT2D eigenvalue weighted by Gasteiger charge is 2.12. The Bertz CT molecular complexity index is 405. The Labute approximate surface area is 109 Å². The summed E-state index contributed by atoms with van der Waals surface area (Å²) in [6.45, 7) is 1.86. The fourth-order valence-corrected chi connectivity index (χ4v) is 2.31.